The molecule has 0 amide bonds. The number of thiocarbonyl (C=S) groups is 1. The Hall–Kier alpha value is -2.05. The van der Waals surface area contributed by atoms with Gasteiger partial charge in [-0.2, -0.15) is 0 Å². The Morgan fingerprint density at radius 1 is 1.12 bits per heavy atom. The molecule has 0 unspecified atom stereocenters. The van der Waals surface area contributed by atoms with Crippen molar-refractivity contribution in [2.45, 2.75) is 26.8 Å². The van der Waals surface area contributed by atoms with Gasteiger partial charge in [-0.15, -0.1) is 0 Å². The summed E-state index contributed by atoms with van der Waals surface area (Å²) >= 11 is 5.68. The van der Waals surface area contributed by atoms with Crippen molar-refractivity contribution in [3.63, 3.8) is 0 Å². The van der Waals surface area contributed by atoms with Crippen LogP contribution in [0.15, 0.2) is 47.1 Å². The van der Waals surface area contributed by atoms with Gasteiger partial charge in [0.25, 0.3) is 0 Å². The molecule has 0 bridgehead atoms. The Morgan fingerprint density at radius 2 is 1.88 bits per heavy atom. The van der Waals surface area contributed by atoms with Crippen LogP contribution in [0.2, 0.25) is 0 Å². The van der Waals surface area contributed by atoms with Gasteiger partial charge in [-0.25, -0.2) is 0 Å². The van der Waals surface area contributed by atoms with E-state index < -0.39 is 0 Å². The molecule has 0 radical (unpaired) electrons. The molecule has 0 fully saturated rings. The van der Waals surface area contributed by atoms with Gasteiger partial charge in [-0.1, -0.05) is 26.0 Å². The van der Waals surface area contributed by atoms with Crippen LogP contribution in [0.25, 0.3) is 0 Å². The topological polar surface area (TPSA) is 40.9 Å². The van der Waals surface area contributed by atoms with E-state index in [4.69, 9.17) is 21.4 Å². The van der Waals surface area contributed by atoms with Crippen molar-refractivity contribution in [2.75, 3.05) is 38.6 Å². The minimum atomic E-state index is 0.645. The van der Waals surface area contributed by atoms with Crippen LogP contribution in [0.3, 0.4) is 0 Å². The zero-order valence-electron chi connectivity index (χ0n) is 15.9. The molecule has 26 heavy (non-hydrogen) atoms. The second-order valence-electron chi connectivity index (χ2n) is 6.01. The van der Waals surface area contributed by atoms with Gasteiger partial charge in [0, 0.05) is 6.54 Å². The van der Waals surface area contributed by atoms with Gasteiger partial charge in [0.05, 0.1) is 25.6 Å². The van der Waals surface area contributed by atoms with Gasteiger partial charge < -0.3 is 24.3 Å². The number of benzene rings is 1. The smallest absolute Gasteiger partial charge is 0.173 e. The summed E-state index contributed by atoms with van der Waals surface area (Å²) in [5.41, 5.74) is 0.869. The molecule has 0 saturated carbocycles. The number of ether oxygens (including phenoxy) is 1. The Kier molecular flexibility index (Phi) is 8.44. The largest absolute Gasteiger partial charge is 0.495 e. The Labute approximate surface area is 161 Å². The number of methoxy groups -OCH3 is 1. The third-order valence-corrected chi connectivity index (χ3v) is 4.72. The molecular weight excluding hydrogens is 346 g/mol. The lowest BCUT2D eigenvalue weighted by Crippen LogP contribution is -2.36. The molecule has 0 aliphatic rings. The van der Waals surface area contributed by atoms with Crippen LogP contribution in [0.4, 0.5) is 5.69 Å². The fraction of sp³-hybridized carbons (Fsp3) is 0.450. The summed E-state index contributed by atoms with van der Waals surface area (Å²) in [7, 11) is 1.66. The van der Waals surface area contributed by atoms with Crippen LogP contribution in [0.1, 0.15) is 26.0 Å². The molecule has 0 spiro atoms. The van der Waals surface area contributed by atoms with E-state index in [9.17, 15) is 0 Å². The summed E-state index contributed by atoms with van der Waals surface area (Å²) in [5, 5.41) is 3.99. The number of nitrogens with one attached hydrogen (secondary N) is 1. The van der Waals surface area contributed by atoms with E-state index in [1.165, 1.54) is 0 Å². The molecule has 6 heteroatoms. The highest BCUT2D eigenvalue weighted by Crippen LogP contribution is 2.23. The van der Waals surface area contributed by atoms with Gasteiger partial charge >= 0.3 is 0 Å². The first kappa shape index (κ1) is 20.3. The van der Waals surface area contributed by atoms with Crippen LogP contribution in [-0.2, 0) is 6.54 Å². The van der Waals surface area contributed by atoms with Crippen molar-refractivity contribution >= 4 is 23.0 Å². The standard InChI is InChI=1S/C20H29N3O2S/c1-4-22(5-2)13-9-14-23(16-17-10-8-15-25-17)20(26)21-18-11-6-7-12-19(18)24-3/h6-8,10-12,15H,4-5,9,13-14,16H2,1-3H3,(H,21,26). The summed E-state index contributed by atoms with van der Waals surface area (Å²) in [4.78, 5) is 4.56. The Bertz CT molecular complexity index is 657. The first-order valence-corrected chi connectivity index (χ1v) is 9.52. The SMILES string of the molecule is CCN(CC)CCCN(Cc1ccco1)C(=S)Nc1ccccc1OC. The highest BCUT2D eigenvalue weighted by molar-refractivity contribution is 7.80. The van der Waals surface area contributed by atoms with Crippen LogP contribution in [0.5, 0.6) is 5.75 Å². The molecule has 2 aromatic rings. The van der Waals surface area contributed by atoms with Crippen molar-refractivity contribution in [2.24, 2.45) is 0 Å². The van der Waals surface area contributed by atoms with E-state index in [1.54, 1.807) is 13.4 Å². The van der Waals surface area contributed by atoms with Crippen molar-refractivity contribution in [3.05, 3.63) is 48.4 Å². The zero-order valence-corrected chi connectivity index (χ0v) is 16.7. The molecule has 1 aromatic carbocycles. The van der Waals surface area contributed by atoms with Crippen LogP contribution in [-0.4, -0.2) is 48.2 Å². The minimum Gasteiger partial charge on any atom is -0.495 e. The lowest BCUT2D eigenvalue weighted by molar-refractivity contribution is 0.276. The number of anilines is 1. The fourth-order valence-corrected chi connectivity index (χ4v) is 3.08. The third kappa shape index (κ3) is 6.04. The predicted octanol–water partition coefficient (Wildman–Crippen LogP) is 4.22. The van der Waals surface area contributed by atoms with Gasteiger partial charge in [0.2, 0.25) is 0 Å². The summed E-state index contributed by atoms with van der Waals surface area (Å²) in [6.45, 7) is 9.08. The molecule has 2 rings (SSSR count). The molecule has 1 N–H and O–H groups in total. The normalized spacial score (nSPS) is 10.8. The van der Waals surface area contributed by atoms with Crippen LogP contribution < -0.4 is 10.1 Å². The summed E-state index contributed by atoms with van der Waals surface area (Å²) in [6, 6.07) is 11.7. The molecule has 0 aliphatic carbocycles. The number of hydrogen-bond acceptors (Lipinski definition) is 4. The summed E-state index contributed by atoms with van der Waals surface area (Å²) in [6.07, 6.45) is 2.73. The number of para-hydroxylation sites is 2. The van der Waals surface area contributed by atoms with Gasteiger partial charge in [0.15, 0.2) is 5.11 Å². The third-order valence-electron chi connectivity index (χ3n) is 4.36. The molecule has 1 heterocycles. The Balaban J connectivity index is 2.02. The van der Waals surface area contributed by atoms with Crippen molar-refractivity contribution in [1.82, 2.24) is 9.80 Å². The number of furan rings is 1. The van der Waals surface area contributed by atoms with E-state index in [0.717, 1.165) is 49.8 Å². The van der Waals surface area contributed by atoms with E-state index in [-0.39, 0.29) is 0 Å². The summed E-state index contributed by atoms with van der Waals surface area (Å²) in [5.74, 6) is 1.67. The molecule has 0 saturated heterocycles. The molecule has 0 atom stereocenters. The van der Waals surface area contributed by atoms with Crippen LogP contribution in [0, 0.1) is 0 Å². The maximum atomic E-state index is 5.68. The first-order chi connectivity index (χ1) is 12.7. The Morgan fingerprint density at radius 3 is 2.54 bits per heavy atom. The van der Waals surface area contributed by atoms with E-state index in [2.05, 4.69) is 29.0 Å². The maximum absolute atomic E-state index is 5.68. The summed E-state index contributed by atoms with van der Waals surface area (Å²) < 4.78 is 10.9. The highest BCUT2D eigenvalue weighted by atomic mass is 32.1. The van der Waals surface area contributed by atoms with Crippen molar-refractivity contribution in [1.29, 1.82) is 0 Å². The molecule has 0 aliphatic heterocycles. The van der Waals surface area contributed by atoms with Crippen molar-refractivity contribution < 1.29 is 9.15 Å². The number of nitrogens with zero attached hydrogens (tertiary/aromatic N) is 2. The van der Waals surface area contributed by atoms with Gasteiger partial charge in [-0.05, 0) is 62.5 Å². The quantitative estimate of drug-likeness (QED) is 0.627. The van der Waals surface area contributed by atoms with Crippen LogP contribution >= 0.6 is 12.2 Å². The first-order valence-electron chi connectivity index (χ1n) is 9.11. The van der Waals surface area contributed by atoms with Gasteiger partial charge in [0.1, 0.15) is 11.5 Å². The molecule has 142 valence electrons. The lowest BCUT2D eigenvalue weighted by atomic mass is 10.3. The maximum Gasteiger partial charge on any atom is 0.173 e. The van der Waals surface area contributed by atoms with E-state index in [0.29, 0.717) is 11.7 Å². The molecular formula is C20H29N3O2S. The number of hydrogen-bond donors (Lipinski definition) is 1. The lowest BCUT2D eigenvalue weighted by Gasteiger charge is -2.27. The molecule has 5 nitrogen and oxygen atoms in total. The van der Waals surface area contributed by atoms with E-state index >= 15 is 0 Å². The molecule has 1 aromatic heterocycles. The van der Waals surface area contributed by atoms with Crippen molar-refractivity contribution in [3.8, 4) is 5.75 Å². The monoisotopic (exact) mass is 375 g/mol. The predicted molar refractivity (Wildman–Crippen MR) is 111 cm³/mol. The second kappa shape index (κ2) is 10.8. The number of rotatable bonds is 10. The van der Waals surface area contributed by atoms with E-state index in [1.807, 2.05) is 36.4 Å². The second-order valence-corrected chi connectivity index (χ2v) is 6.40. The average Bonchev–Trinajstić information content (AvgIpc) is 3.18. The highest BCUT2D eigenvalue weighted by Gasteiger charge is 2.14. The average molecular weight is 376 g/mol. The minimum absolute atomic E-state index is 0.645. The zero-order chi connectivity index (χ0) is 18.8. The van der Waals surface area contributed by atoms with Gasteiger partial charge in [-0.3, -0.25) is 0 Å². The fourth-order valence-electron chi connectivity index (χ4n) is 2.81.